The number of hydrogen-bond acceptors (Lipinski definition) is 8. The molecule has 0 aromatic carbocycles. The Morgan fingerprint density at radius 3 is 1.45 bits per heavy atom. The monoisotopic (exact) mass is 545 g/mol. The lowest BCUT2D eigenvalue weighted by molar-refractivity contribution is -0.134. The van der Waals surface area contributed by atoms with Crippen LogP contribution in [-0.2, 0) is 41.6 Å². The molecule has 4 aromatic rings. The fourth-order valence-corrected chi connectivity index (χ4v) is 5.21. The molecule has 0 fully saturated rings. The summed E-state index contributed by atoms with van der Waals surface area (Å²) in [5.41, 5.74) is 3.49. The molecule has 208 valence electrons. The van der Waals surface area contributed by atoms with Crippen LogP contribution in [0.15, 0.2) is 49.1 Å². The number of ether oxygens (including phenoxy) is 4. The smallest absolute Gasteiger partial charge is 0.261 e. The molecule has 0 radical (unpaired) electrons. The van der Waals surface area contributed by atoms with Gasteiger partial charge < -0.3 is 28.1 Å². The van der Waals surface area contributed by atoms with Crippen LogP contribution in [0.4, 0.5) is 0 Å². The first-order valence-corrected chi connectivity index (χ1v) is 13.4. The zero-order chi connectivity index (χ0) is 27.5. The summed E-state index contributed by atoms with van der Waals surface area (Å²) in [7, 11) is 1.52. The summed E-state index contributed by atoms with van der Waals surface area (Å²) in [6.07, 6.45) is 7.23. The lowest BCUT2D eigenvalue weighted by atomic mass is 9.96. The van der Waals surface area contributed by atoms with Crippen molar-refractivity contribution in [3.63, 3.8) is 0 Å². The van der Waals surface area contributed by atoms with E-state index in [1.807, 2.05) is 45.8 Å². The molecule has 11 heteroatoms. The summed E-state index contributed by atoms with van der Waals surface area (Å²) in [4.78, 5) is 37.6. The van der Waals surface area contributed by atoms with Gasteiger partial charge in [-0.25, -0.2) is 9.97 Å². The molecule has 2 amide bonds. The van der Waals surface area contributed by atoms with Gasteiger partial charge in [0.2, 0.25) is 0 Å². The van der Waals surface area contributed by atoms with Gasteiger partial charge >= 0.3 is 0 Å². The molecule has 6 heterocycles. The minimum Gasteiger partial charge on any atom is -0.377 e. The van der Waals surface area contributed by atoms with Crippen molar-refractivity contribution in [1.82, 2.24) is 24.0 Å². The van der Waals surface area contributed by atoms with E-state index in [-0.39, 0.29) is 11.8 Å². The Hall–Kier alpha value is -3.90. The molecule has 4 bridgehead atoms. The number of carbonyl (C=O) groups is 2. The summed E-state index contributed by atoms with van der Waals surface area (Å²) >= 11 is 0. The third-order valence-corrected chi connectivity index (χ3v) is 7.16. The van der Waals surface area contributed by atoms with E-state index in [0.29, 0.717) is 88.2 Å². The SMILES string of the molecule is CN1C(=O)C2=C(C1=O)c1cn(c3ncccc13)CCOCCOCCOCCOCCn1cc2c2cccnc21. The number of imide groups is 1. The van der Waals surface area contributed by atoms with Crippen molar-refractivity contribution >= 4 is 45.0 Å². The Bertz CT molecular complexity index is 1470. The van der Waals surface area contributed by atoms with Crippen LogP contribution in [0.1, 0.15) is 11.1 Å². The Kier molecular flexibility index (Phi) is 7.69. The van der Waals surface area contributed by atoms with E-state index >= 15 is 0 Å². The summed E-state index contributed by atoms with van der Waals surface area (Å²) in [6, 6.07) is 7.52. The van der Waals surface area contributed by atoms with Crippen molar-refractivity contribution in [3.05, 3.63) is 60.2 Å². The van der Waals surface area contributed by atoms with Crippen LogP contribution in [0.2, 0.25) is 0 Å². The Morgan fingerprint density at radius 2 is 1.02 bits per heavy atom. The fraction of sp³-hybridized carbons (Fsp3) is 0.379. The highest BCUT2D eigenvalue weighted by atomic mass is 16.6. The Morgan fingerprint density at radius 1 is 0.625 bits per heavy atom. The standard InChI is InChI=1S/C29H31N5O6/c1-32-28(35)24-22-18-33(26-20(22)4-2-6-30-26)8-10-37-12-14-39-16-17-40-15-13-38-11-9-34-19-23(25(24)29(32)36)21-5-3-7-31-27(21)34/h2-7,18-19H,8-17H2,1H3. The fourth-order valence-electron chi connectivity index (χ4n) is 5.21. The zero-order valence-electron chi connectivity index (χ0n) is 22.4. The van der Waals surface area contributed by atoms with Gasteiger partial charge in [0.1, 0.15) is 11.3 Å². The zero-order valence-corrected chi connectivity index (χ0v) is 22.4. The molecule has 0 unspecified atom stereocenters. The molecule has 11 nitrogen and oxygen atoms in total. The first-order chi connectivity index (χ1) is 19.6. The highest BCUT2D eigenvalue weighted by Crippen LogP contribution is 2.40. The van der Waals surface area contributed by atoms with Crippen molar-refractivity contribution in [1.29, 1.82) is 0 Å². The topological polar surface area (TPSA) is 110 Å². The molecule has 0 saturated heterocycles. The van der Waals surface area contributed by atoms with Gasteiger partial charge in [-0.3, -0.25) is 14.5 Å². The van der Waals surface area contributed by atoms with Crippen molar-refractivity contribution in [2.75, 3.05) is 59.9 Å². The Labute approximate surface area is 230 Å². The van der Waals surface area contributed by atoms with Gasteiger partial charge in [0.05, 0.1) is 64.0 Å². The van der Waals surface area contributed by atoms with E-state index in [0.717, 1.165) is 22.1 Å². The van der Waals surface area contributed by atoms with E-state index in [4.69, 9.17) is 18.9 Å². The molecule has 40 heavy (non-hydrogen) atoms. The molecule has 6 rings (SSSR count). The molecular formula is C29H31N5O6. The molecule has 0 N–H and O–H groups in total. The van der Waals surface area contributed by atoms with E-state index in [1.165, 1.54) is 11.9 Å². The lowest BCUT2D eigenvalue weighted by Gasteiger charge is -2.09. The third-order valence-electron chi connectivity index (χ3n) is 7.16. The largest absolute Gasteiger partial charge is 0.377 e. The Balaban J connectivity index is 1.47. The van der Waals surface area contributed by atoms with Crippen LogP contribution in [0.3, 0.4) is 0 Å². The summed E-state index contributed by atoms with van der Waals surface area (Å²) in [5, 5.41) is 1.59. The minimum atomic E-state index is -0.348. The van der Waals surface area contributed by atoms with E-state index in [9.17, 15) is 9.59 Å². The number of nitrogens with zero attached hydrogens (tertiary/aromatic N) is 5. The average molecular weight is 546 g/mol. The van der Waals surface area contributed by atoms with Gasteiger partial charge in [0.15, 0.2) is 0 Å². The second-order valence-electron chi connectivity index (χ2n) is 9.59. The molecule has 0 atom stereocenters. The number of likely N-dealkylation sites (N-methyl/N-ethyl adjacent to an activating group) is 1. The third kappa shape index (κ3) is 4.92. The number of carbonyl (C=O) groups excluding carboxylic acids is 2. The lowest BCUT2D eigenvalue weighted by Crippen LogP contribution is -2.26. The first kappa shape index (κ1) is 26.3. The van der Waals surface area contributed by atoms with Crippen LogP contribution in [-0.4, -0.2) is 95.7 Å². The normalized spacial score (nSPS) is 18.7. The van der Waals surface area contributed by atoms with Gasteiger partial charge in [-0.15, -0.1) is 0 Å². The summed E-state index contributed by atoms with van der Waals surface area (Å²) < 4.78 is 26.7. The molecular weight excluding hydrogens is 514 g/mol. The predicted molar refractivity (Wildman–Crippen MR) is 147 cm³/mol. The van der Waals surface area contributed by atoms with Crippen LogP contribution in [0.25, 0.3) is 33.2 Å². The summed E-state index contributed by atoms with van der Waals surface area (Å²) in [5.74, 6) is -0.697. The molecule has 2 aliphatic heterocycles. The maximum Gasteiger partial charge on any atom is 0.261 e. The van der Waals surface area contributed by atoms with Crippen molar-refractivity contribution in [3.8, 4) is 0 Å². The quantitative estimate of drug-likeness (QED) is 0.310. The van der Waals surface area contributed by atoms with Crippen LogP contribution < -0.4 is 0 Å². The number of fused-ring (bicyclic) bond motifs is 12. The predicted octanol–water partition coefficient (Wildman–Crippen LogP) is 2.38. The van der Waals surface area contributed by atoms with E-state index < -0.39 is 0 Å². The summed E-state index contributed by atoms with van der Waals surface area (Å²) in [6.45, 7) is 4.75. The highest BCUT2D eigenvalue weighted by Gasteiger charge is 2.39. The van der Waals surface area contributed by atoms with Crippen LogP contribution in [0.5, 0.6) is 0 Å². The highest BCUT2D eigenvalue weighted by molar-refractivity contribution is 6.50. The molecule has 0 saturated carbocycles. The van der Waals surface area contributed by atoms with Crippen molar-refractivity contribution in [2.24, 2.45) is 0 Å². The molecule has 2 aliphatic rings. The maximum absolute atomic E-state index is 13.6. The van der Waals surface area contributed by atoms with Crippen molar-refractivity contribution < 1.29 is 28.5 Å². The minimum absolute atomic E-state index is 0.348. The second-order valence-corrected chi connectivity index (χ2v) is 9.59. The number of rotatable bonds is 0. The van der Waals surface area contributed by atoms with Gasteiger partial charge in [-0.1, -0.05) is 0 Å². The van der Waals surface area contributed by atoms with Crippen molar-refractivity contribution in [2.45, 2.75) is 13.1 Å². The molecule has 0 spiro atoms. The molecule has 4 aromatic heterocycles. The maximum atomic E-state index is 13.6. The van der Waals surface area contributed by atoms with Gasteiger partial charge in [0.25, 0.3) is 11.8 Å². The van der Waals surface area contributed by atoms with E-state index in [1.54, 1.807) is 12.4 Å². The van der Waals surface area contributed by atoms with Crippen LogP contribution >= 0.6 is 0 Å². The van der Waals surface area contributed by atoms with Crippen LogP contribution in [0, 0.1) is 0 Å². The number of hydrogen-bond donors (Lipinski definition) is 0. The number of pyridine rings is 2. The average Bonchev–Trinajstić information content (AvgIpc) is 3.59. The second kappa shape index (κ2) is 11.7. The number of amides is 2. The first-order valence-electron chi connectivity index (χ1n) is 13.4. The number of aromatic nitrogens is 4. The van der Waals surface area contributed by atoms with Gasteiger partial charge in [-0.2, -0.15) is 0 Å². The van der Waals surface area contributed by atoms with Gasteiger partial charge in [-0.05, 0) is 24.3 Å². The van der Waals surface area contributed by atoms with E-state index in [2.05, 4.69) is 9.97 Å². The van der Waals surface area contributed by atoms with Gasteiger partial charge in [0, 0.05) is 66.8 Å². The molecule has 0 aliphatic carbocycles.